The molecular weight excluding hydrogens is 1620 g/mol. The molecule has 122 heavy (non-hydrogen) atoms. The first-order chi connectivity index (χ1) is 58.9. The lowest BCUT2D eigenvalue weighted by molar-refractivity contribution is -0.349. The van der Waals surface area contributed by atoms with Crippen LogP contribution < -0.4 is 0 Å². The minimum atomic E-state index is -1.69. The predicted octanol–water partition coefficient (Wildman–Crippen LogP) is -0.864. The van der Waals surface area contributed by atoms with Gasteiger partial charge in [-0.3, -0.25) is 9.59 Å². The number of esters is 2. The van der Waals surface area contributed by atoms with Crippen LogP contribution in [0.25, 0.3) is 0 Å². The lowest BCUT2D eigenvalue weighted by atomic mass is 9.85. The highest BCUT2D eigenvalue weighted by atomic mass is 16.8. The van der Waals surface area contributed by atoms with E-state index in [1.54, 1.807) is 0 Å². The molecule has 2 aromatic rings. The van der Waals surface area contributed by atoms with Crippen LogP contribution in [0.2, 0.25) is 0 Å². The molecule has 42 heteroatoms. The van der Waals surface area contributed by atoms with Gasteiger partial charge in [0, 0.05) is 0 Å². The van der Waals surface area contributed by atoms with Gasteiger partial charge in [-0.25, -0.2) is 19.0 Å². The Morgan fingerprint density at radius 1 is 0.385 bits per heavy atom. The van der Waals surface area contributed by atoms with E-state index in [4.69, 9.17) is 94.7 Å². The van der Waals surface area contributed by atoms with Gasteiger partial charge in [0.25, 0.3) is 0 Å². The van der Waals surface area contributed by atoms with Gasteiger partial charge < -0.3 is 156 Å². The number of hydrogen-bond donors (Lipinski definition) is 12. The van der Waals surface area contributed by atoms with Crippen LogP contribution in [0.15, 0.2) is 12.4 Å². The summed E-state index contributed by atoms with van der Waals surface area (Å²) in [6.45, 7) is 8.47. The third-order valence-corrected chi connectivity index (χ3v) is 23.7. The van der Waals surface area contributed by atoms with Crippen LogP contribution in [0.4, 0.5) is 0 Å². The number of carbonyl (C=O) groups excluding carboxylic acids is 2. The molecule has 4 saturated carbocycles. The quantitative estimate of drug-likeness (QED) is 0.0283. The van der Waals surface area contributed by atoms with Crippen LogP contribution in [0.5, 0.6) is 0 Å². The number of aliphatic hydroxyl groups excluding tert-OH is 10. The summed E-state index contributed by atoms with van der Waals surface area (Å²) in [5, 5.41) is 145. The van der Waals surface area contributed by atoms with Gasteiger partial charge in [0.15, 0.2) is 49.6 Å². The molecule has 4 aliphatic carbocycles. The number of aromatic nitrogens is 6. The van der Waals surface area contributed by atoms with Crippen molar-refractivity contribution in [3.05, 3.63) is 23.8 Å². The maximum absolute atomic E-state index is 14.0. The zero-order valence-electron chi connectivity index (χ0n) is 70.2. The molecular formula is C80H132N6O36. The van der Waals surface area contributed by atoms with Gasteiger partial charge in [0.2, 0.25) is 0 Å². The van der Waals surface area contributed by atoms with Gasteiger partial charge in [0.1, 0.15) is 97.7 Å². The number of aliphatic carboxylic acids is 2. The Balaban J connectivity index is 0.565. The Bertz CT molecular complexity index is 3120. The SMILES string of the molecule is CC1CCC[C@@H](O[C@@H]2OC(CO)[C@H](O)C(O[C@@H](CC3CCCCC3)C(=O)O)C2OC(=O)Cn2cc(COCCOCCOCCOCCOCCOCCOCCOCc3cn(CC(=O)OC4C(O[C@@H](CC5CCCCC5)C(=O)O)[C@@H](O)C(CO)O[C@H]4O[C@@H]4CCCC(C)C4O[C@@H]4OC(C)[C@@H](O)C(O)C4O)nn3)nn2)C1O[C@@H]1OC(C)[C@@H](O)C(O)C1O. The molecule has 10 rings (SSSR count). The van der Waals surface area contributed by atoms with Crippen molar-refractivity contribution in [2.75, 3.05) is 106 Å². The summed E-state index contributed by atoms with van der Waals surface area (Å²) in [6.07, 6.45) is -19.9. The first-order valence-corrected chi connectivity index (χ1v) is 43.3. The highest BCUT2D eigenvalue weighted by molar-refractivity contribution is 5.73. The summed E-state index contributed by atoms with van der Waals surface area (Å²) in [6, 6.07) is 0. The van der Waals surface area contributed by atoms with E-state index in [9.17, 15) is 80.5 Å². The molecule has 28 atom stereocenters. The number of rotatable bonds is 51. The maximum atomic E-state index is 14.0. The topological polar surface area (TPSA) is 557 Å². The van der Waals surface area contributed by atoms with Gasteiger partial charge in [0.05, 0.1) is 168 Å². The van der Waals surface area contributed by atoms with Crippen molar-refractivity contribution in [3.63, 3.8) is 0 Å². The second-order valence-electron chi connectivity index (χ2n) is 33.0. The molecule has 2 aromatic heterocycles. The summed E-state index contributed by atoms with van der Waals surface area (Å²) in [4.78, 5) is 53.6. The number of hydrogen-bond acceptors (Lipinski definition) is 38. The van der Waals surface area contributed by atoms with Gasteiger partial charge in [-0.15, -0.1) is 10.2 Å². The van der Waals surface area contributed by atoms with E-state index in [0.717, 1.165) is 64.2 Å². The fraction of sp³-hybridized carbons (Fsp3) is 0.900. The smallest absolute Gasteiger partial charge is 0.332 e. The molecule has 6 heterocycles. The van der Waals surface area contributed by atoms with Crippen LogP contribution in [0, 0.1) is 23.7 Å². The van der Waals surface area contributed by atoms with E-state index in [-0.39, 0.29) is 76.2 Å². The highest BCUT2D eigenvalue weighted by Gasteiger charge is 2.56. The standard InChI is InChI=1S/C80H132N6O36/c1-45-13-11-19-53(69(45)121-77-67(97)65(95)61(91)47(3)111-77)115-79-73(71(63(93)57(41-87)117-79)113-55(75(99)100)35-49-15-7-5-8-16-49)119-59(89)39-85-37-51(81-83-85)43-109-33-31-107-29-27-105-25-23-103-21-22-104-24-26-106-28-30-108-32-34-110-44-52-38-86(84-82-52)40-60(90)120-74-72(114-56(76(101)102)36-50-17-9-6-10-18-50)64(94)58(42-88)118-80(74)116-54-20-12-14-46(2)70(54)122-78-68(98)66(96)62(92)48(4)112-78/h37-38,45-50,53-58,61-74,77-80,87-88,91-98H,5-36,39-44H2,1-4H3,(H,99,100)(H,101,102)/t45?,46?,47?,48?,53-,54-,55+,56+,57?,58?,61-,62-,63+,64+,65?,66?,67?,68?,69?,70?,71?,72?,73?,74?,77+,78+,79-,80-/m1/s1. The molecule has 0 radical (unpaired) electrons. The van der Waals surface area contributed by atoms with Crippen molar-refractivity contribution < 1.29 is 175 Å². The average molecular weight is 1750 g/mol. The summed E-state index contributed by atoms with van der Waals surface area (Å²) in [7, 11) is 0. The molecule has 0 bridgehead atoms. The molecule has 8 aliphatic rings. The molecule has 0 aromatic carbocycles. The summed E-state index contributed by atoms with van der Waals surface area (Å²) < 4.78 is 122. The minimum Gasteiger partial charge on any atom is -0.479 e. The number of ether oxygens (including phenoxy) is 20. The number of carboxylic acid groups (broad SMARTS) is 2. The van der Waals surface area contributed by atoms with Crippen molar-refractivity contribution in [1.82, 2.24) is 30.0 Å². The lowest BCUT2D eigenvalue weighted by Crippen LogP contribution is -2.64. The largest absolute Gasteiger partial charge is 0.479 e. The second kappa shape index (κ2) is 51.3. The van der Waals surface area contributed by atoms with E-state index in [1.807, 2.05) is 13.8 Å². The van der Waals surface area contributed by atoms with Crippen LogP contribution in [-0.2, 0) is 140 Å². The Morgan fingerprint density at radius 2 is 0.721 bits per heavy atom. The van der Waals surface area contributed by atoms with E-state index < -0.39 is 210 Å². The molecule has 698 valence electrons. The Kier molecular flexibility index (Phi) is 41.7. The fourth-order valence-corrected chi connectivity index (χ4v) is 16.8. The molecule has 16 unspecified atom stereocenters. The average Bonchev–Trinajstić information content (AvgIpc) is 0.872. The van der Waals surface area contributed by atoms with Gasteiger partial charge in [-0.05, 0) is 76.0 Å². The predicted molar refractivity (Wildman–Crippen MR) is 413 cm³/mol. The van der Waals surface area contributed by atoms with E-state index in [1.165, 1.54) is 35.6 Å². The Labute approximate surface area is 708 Å². The monoisotopic (exact) mass is 1750 g/mol. The highest BCUT2D eigenvalue weighted by Crippen LogP contribution is 2.41. The van der Waals surface area contributed by atoms with Gasteiger partial charge >= 0.3 is 23.9 Å². The zero-order chi connectivity index (χ0) is 87.2. The Morgan fingerprint density at radius 3 is 1.05 bits per heavy atom. The molecule has 8 fully saturated rings. The van der Waals surface area contributed by atoms with Crippen molar-refractivity contribution in [2.45, 2.75) is 329 Å². The summed E-state index contributed by atoms with van der Waals surface area (Å²) in [5.41, 5.74) is 0.748. The van der Waals surface area contributed by atoms with Gasteiger partial charge in [-0.2, -0.15) is 0 Å². The summed E-state index contributed by atoms with van der Waals surface area (Å²) >= 11 is 0. The second-order valence-corrected chi connectivity index (χ2v) is 33.0. The maximum Gasteiger partial charge on any atom is 0.332 e. The minimum absolute atomic E-state index is 0.0174. The number of nitrogens with zero attached hydrogens (tertiary/aromatic N) is 6. The van der Waals surface area contributed by atoms with Crippen LogP contribution in [0.3, 0.4) is 0 Å². The molecule has 12 N–H and O–H groups in total. The third-order valence-electron chi connectivity index (χ3n) is 23.7. The first-order valence-electron chi connectivity index (χ1n) is 43.3. The first kappa shape index (κ1) is 99.2. The molecule has 42 nitrogen and oxygen atoms in total. The van der Waals surface area contributed by atoms with Crippen LogP contribution in [-0.4, -0.2) is 380 Å². The van der Waals surface area contributed by atoms with Crippen molar-refractivity contribution in [3.8, 4) is 0 Å². The number of carbonyl (C=O) groups is 4. The molecule has 4 aliphatic heterocycles. The zero-order valence-corrected chi connectivity index (χ0v) is 70.2. The van der Waals surface area contributed by atoms with E-state index >= 15 is 0 Å². The molecule has 0 spiro atoms. The molecule has 0 amide bonds. The third kappa shape index (κ3) is 29.8. The van der Waals surface area contributed by atoms with E-state index in [0.29, 0.717) is 116 Å². The normalized spacial score (nSPS) is 34.4. The van der Waals surface area contributed by atoms with Crippen molar-refractivity contribution in [2.24, 2.45) is 23.7 Å². The number of carboxylic acids is 2. The van der Waals surface area contributed by atoms with Crippen LogP contribution in [0.1, 0.15) is 155 Å². The van der Waals surface area contributed by atoms with Crippen molar-refractivity contribution in [1.29, 1.82) is 0 Å². The van der Waals surface area contributed by atoms with Crippen LogP contribution >= 0.6 is 0 Å². The summed E-state index contributed by atoms with van der Waals surface area (Å²) in [5.74, 6) is -4.76. The molecule has 4 saturated heterocycles. The number of aliphatic hydroxyl groups is 10. The van der Waals surface area contributed by atoms with Gasteiger partial charge in [-0.1, -0.05) is 101 Å². The lowest BCUT2D eigenvalue weighted by Gasteiger charge is -2.47. The Hall–Kier alpha value is -4.96. The van der Waals surface area contributed by atoms with E-state index in [2.05, 4.69) is 20.6 Å². The van der Waals surface area contributed by atoms with Crippen molar-refractivity contribution >= 4 is 23.9 Å². The fourth-order valence-electron chi connectivity index (χ4n) is 16.8.